The molecule has 0 bridgehead atoms. The van der Waals surface area contributed by atoms with Gasteiger partial charge in [-0.3, -0.25) is 0 Å². The Morgan fingerprint density at radius 3 is 0.792 bits per heavy atom. The molecule has 10 nitrogen and oxygen atoms in total. The summed E-state index contributed by atoms with van der Waals surface area (Å²) in [7, 11) is 0. The SMILES string of the molecule is CC(O)CO.CC(O)CO.OCCOCCO.OCCOCCO. The van der Waals surface area contributed by atoms with E-state index in [9.17, 15) is 0 Å². The summed E-state index contributed by atoms with van der Waals surface area (Å²) in [5.74, 6) is 0. The van der Waals surface area contributed by atoms with Crippen molar-refractivity contribution in [2.45, 2.75) is 26.1 Å². The second-order valence-electron chi connectivity index (χ2n) is 4.18. The normalized spacial score (nSPS) is 11.8. The van der Waals surface area contributed by atoms with Crippen LogP contribution >= 0.6 is 0 Å². The number of rotatable bonds is 10. The van der Waals surface area contributed by atoms with Gasteiger partial charge < -0.3 is 50.3 Å². The summed E-state index contributed by atoms with van der Waals surface area (Å²) >= 11 is 0. The lowest BCUT2D eigenvalue weighted by molar-refractivity contribution is 0.0649. The molecule has 0 aliphatic heterocycles. The molecule has 0 fully saturated rings. The van der Waals surface area contributed by atoms with Crippen LogP contribution < -0.4 is 0 Å². The number of hydrogen-bond donors (Lipinski definition) is 8. The van der Waals surface area contributed by atoms with Crippen LogP contribution in [-0.2, 0) is 9.47 Å². The maximum atomic E-state index is 8.11. The summed E-state index contributed by atoms with van der Waals surface area (Å²) in [6.45, 7) is 4.17. The quantitative estimate of drug-likeness (QED) is 0.183. The van der Waals surface area contributed by atoms with E-state index in [0.717, 1.165) is 0 Å². The van der Waals surface area contributed by atoms with Crippen LogP contribution in [0.4, 0.5) is 0 Å². The third-order valence-electron chi connectivity index (χ3n) is 1.47. The minimum Gasteiger partial charge on any atom is -0.394 e. The summed E-state index contributed by atoms with van der Waals surface area (Å²) in [5.41, 5.74) is 0. The monoisotopic (exact) mass is 364 g/mol. The molecule has 0 aliphatic rings. The second-order valence-corrected chi connectivity index (χ2v) is 4.18. The highest BCUT2D eigenvalue weighted by atomic mass is 16.5. The topological polar surface area (TPSA) is 180 Å². The van der Waals surface area contributed by atoms with E-state index >= 15 is 0 Å². The Morgan fingerprint density at radius 1 is 0.542 bits per heavy atom. The van der Waals surface area contributed by atoms with E-state index in [1.54, 1.807) is 0 Å². The minimum absolute atomic E-state index is 0.0278. The van der Waals surface area contributed by atoms with Crippen molar-refractivity contribution in [3.05, 3.63) is 0 Å². The fourth-order valence-electron chi connectivity index (χ4n) is 0.462. The molecule has 0 aromatic heterocycles. The van der Waals surface area contributed by atoms with Crippen LogP contribution in [0.3, 0.4) is 0 Å². The Hall–Kier alpha value is -0.400. The highest BCUT2D eigenvalue weighted by Crippen LogP contribution is 1.70. The van der Waals surface area contributed by atoms with Gasteiger partial charge in [0, 0.05) is 0 Å². The van der Waals surface area contributed by atoms with Crippen LogP contribution in [0.1, 0.15) is 13.8 Å². The average Bonchev–Trinajstić information content (AvgIpc) is 2.57. The summed E-state index contributed by atoms with van der Waals surface area (Å²) in [6, 6.07) is 0. The van der Waals surface area contributed by atoms with Crippen LogP contribution in [-0.4, -0.2) is 119 Å². The highest BCUT2D eigenvalue weighted by molar-refractivity contribution is 4.34. The number of aliphatic hydroxyl groups is 8. The molecule has 152 valence electrons. The number of hydrogen-bond acceptors (Lipinski definition) is 10. The first kappa shape index (κ1) is 31.4. The predicted octanol–water partition coefficient (Wildman–Crippen LogP) is -3.31. The van der Waals surface area contributed by atoms with Crippen LogP contribution in [0.2, 0.25) is 0 Å². The van der Waals surface area contributed by atoms with Crippen molar-refractivity contribution in [1.82, 2.24) is 0 Å². The van der Waals surface area contributed by atoms with E-state index in [0.29, 0.717) is 26.4 Å². The summed E-state index contributed by atoms with van der Waals surface area (Å²) in [4.78, 5) is 0. The molecule has 10 heteroatoms. The van der Waals surface area contributed by atoms with Gasteiger partial charge in [-0.15, -0.1) is 0 Å². The molecule has 0 amide bonds. The molecule has 0 aromatic rings. The molecule has 0 spiro atoms. The first-order valence-electron chi connectivity index (χ1n) is 7.54. The lowest BCUT2D eigenvalue weighted by atomic mass is 10.5. The zero-order valence-corrected chi connectivity index (χ0v) is 14.6. The molecule has 0 saturated carbocycles. The van der Waals surface area contributed by atoms with Crippen molar-refractivity contribution in [1.29, 1.82) is 0 Å². The third-order valence-corrected chi connectivity index (χ3v) is 1.47. The van der Waals surface area contributed by atoms with Gasteiger partial charge in [0.1, 0.15) is 0 Å². The van der Waals surface area contributed by atoms with Gasteiger partial charge in [-0.2, -0.15) is 0 Å². The minimum atomic E-state index is -0.560. The lowest BCUT2D eigenvalue weighted by Crippen LogP contribution is -2.03. The van der Waals surface area contributed by atoms with Gasteiger partial charge in [-0.25, -0.2) is 0 Å². The Balaban J connectivity index is -0.000000113. The zero-order valence-electron chi connectivity index (χ0n) is 14.6. The van der Waals surface area contributed by atoms with Crippen LogP contribution in [0.15, 0.2) is 0 Å². The molecule has 0 radical (unpaired) electrons. The summed E-state index contributed by atoms with van der Waals surface area (Å²) in [6.07, 6.45) is -1.12. The van der Waals surface area contributed by atoms with E-state index in [2.05, 4.69) is 9.47 Å². The van der Waals surface area contributed by atoms with Gasteiger partial charge in [0.05, 0.1) is 78.3 Å². The Morgan fingerprint density at radius 2 is 0.708 bits per heavy atom. The van der Waals surface area contributed by atoms with Crippen molar-refractivity contribution in [2.24, 2.45) is 0 Å². The zero-order chi connectivity index (χ0) is 19.6. The van der Waals surface area contributed by atoms with Crippen molar-refractivity contribution < 1.29 is 50.3 Å². The maximum absolute atomic E-state index is 8.11. The van der Waals surface area contributed by atoms with Gasteiger partial charge in [-0.05, 0) is 13.8 Å². The Labute approximate surface area is 143 Å². The van der Waals surface area contributed by atoms with Crippen LogP contribution in [0.5, 0.6) is 0 Å². The van der Waals surface area contributed by atoms with Gasteiger partial charge in [0.25, 0.3) is 0 Å². The molecule has 2 unspecified atom stereocenters. The van der Waals surface area contributed by atoms with Gasteiger partial charge in [-0.1, -0.05) is 0 Å². The summed E-state index contributed by atoms with van der Waals surface area (Å²) in [5, 5.41) is 64.4. The molecule has 0 saturated heterocycles. The fourth-order valence-corrected chi connectivity index (χ4v) is 0.462. The lowest BCUT2D eigenvalue weighted by Gasteiger charge is -1.94. The van der Waals surface area contributed by atoms with Crippen molar-refractivity contribution in [3.8, 4) is 0 Å². The Bertz CT molecular complexity index is 144. The standard InChI is InChI=1S/2C4H10O3.2C3H8O2/c2*5-1-3-7-4-2-6;2*1-3(5)2-4/h2*5-6H,1-4H2;2*3-5H,2H2,1H3. The molecule has 2 atom stereocenters. The molecule has 8 N–H and O–H groups in total. The number of aliphatic hydroxyl groups excluding tert-OH is 8. The van der Waals surface area contributed by atoms with E-state index in [1.807, 2.05) is 0 Å². The maximum Gasteiger partial charge on any atom is 0.0742 e. The third kappa shape index (κ3) is 68.1. The van der Waals surface area contributed by atoms with E-state index in [-0.39, 0.29) is 39.6 Å². The fraction of sp³-hybridized carbons (Fsp3) is 1.00. The van der Waals surface area contributed by atoms with Crippen LogP contribution in [0.25, 0.3) is 0 Å². The highest BCUT2D eigenvalue weighted by Gasteiger charge is 1.84. The molecule has 0 heterocycles. The average molecular weight is 364 g/mol. The molecule has 24 heavy (non-hydrogen) atoms. The van der Waals surface area contributed by atoms with Crippen LogP contribution in [0, 0.1) is 0 Å². The first-order chi connectivity index (χ1) is 11.4. The Kier molecular flexibility index (Phi) is 44.5. The first-order valence-corrected chi connectivity index (χ1v) is 7.54. The number of ether oxygens (including phenoxy) is 2. The van der Waals surface area contributed by atoms with Gasteiger partial charge >= 0.3 is 0 Å². The summed E-state index contributed by atoms with van der Waals surface area (Å²) < 4.78 is 9.26. The molecule has 0 aromatic carbocycles. The molecular formula is C14H36O10. The van der Waals surface area contributed by atoms with Crippen molar-refractivity contribution in [2.75, 3.05) is 66.1 Å². The van der Waals surface area contributed by atoms with E-state index in [1.165, 1.54) is 13.8 Å². The largest absolute Gasteiger partial charge is 0.394 e. The van der Waals surface area contributed by atoms with Crippen molar-refractivity contribution >= 4 is 0 Å². The molecular weight excluding hydrogens is 328 g/mol. The van der Waals surface area contributed by atoms with Crippen molar-refractivity contribution in [3.63, 3.8) is 0 Å². The van der Waals surface area contributed by atoms with Gasteiger partial charge in [0.15, 0.2) is 0 Å². The smallest absolute Gasteiger partial charge is 0.0742 e. The van der Waals surface area contributed by atoms with Gasteiger partial charge in [0.2, 0.25) is 0 Å². The molecule has 0 rings (SSSR count). The predicted molar refractivity (Wildman–Crippen MR) is 87.5 cm³/mol. The second kappa shape index (κ2) is 34.0. The van der Waals surface area contributed by atoms with E-state index in [4.69, 9.17) is 40.9 Å². The molecule has 0 aliphatic carbocycles. The van der Waals surface area contributed by atoms with E-state index < -0.39 is 12.2 Å².